The van der Waals surface area contributed by atoms with Crippen LogP contribution < -0.4 is 10.3 Å². The molecule has 0 fully saturated rings. The van der Waals surface area contributed by atoms with E-state index in [1.165, 1.54) is 0 Å². The summed E-state index contributed by atoms with van der Waals surface area (Å²) in [5.74, 6) is 0.806. The molecule has 0 aliphatic rings. The Kier molecular flexibility index (Phi) is 3.46. The first-order valence-electron chi connectivity index (χ1n) is 5.21. The van der Waals surface area contributed by atoms with Gasteiger partial charge in [0.1, 0.15) is 5.75 Å². The van der Waals surface area contributed by atoms with Gasteiger partial charge in [-0.2, -0.15) is 5.10 Å². The molecule has 0 aliphatic heterocycles. The molecule has 2 aromatic rings. The van der Waals surface area contributed by atoms with Crippen LogP contribution in [0.3, 0.4) is 0 Å². The lowest BCUT2D eigenvalue weighted by Gasteiger charge is -2.03. The third-order valence-electron chi connectivity index (χ3n) is 2.43. The van der Waals surface area contributed by atoms with Crippen LogP contribution >= 0.6 is 0 Å². The van der Waals surface area contributed by atoms with Crippen LogP contribution in [0.4, 0.5) is 0 Å². The first-order chi connectivity index (χ1) is 8.19. The Labute approximate surface area is 99.4 Å². The monoisotopic (exact) mass is 232 g/mol. The molecule has 88 valence electrons. The largest absolute Gasteiger partial charge is 0.510 e. The van der Waals surface area contributed by atoms with Gasteiger partial charge in [-0.05, 0) is 23.8 Å². The highest BCUT2D eigenvalue weighted by molar-refractivity contribution is 6.57. The number of nitrogens with zero attached hydrogens (tertiary/aromatic N) is 2. The van der Waals surface area contributed by atoms with Crippen LogP contribution in [-0.2, 0) is 6.54 Å². The molecule has 1 aromatic heterocycles. The Morgan fingerprint density at radius 2 is 1.94 bits per heavy atom. The minimum absolute atomic E-state index is 0.249. The van der Waals surface area contributed by atoms with Gasteiger partial charge >= 0.3 is 7.12 Å². The van der Waals surface area contributed by atoms with E-state index < -0.39 is 7.12 Å². The normalized spacial score (nSPS) is 10.3. The van der Waals surface area contributed by atoms with E-state index in [1.54, 1.807) is 24.1 Å². The lowest BCUT2D eigenvalue weighted by molar-refractivity contribution is 0.414. The number of ether oxygens (including phenoxy) is 1. The van der Waals surface area contributed by atoms with Crippen LogP contribution in [0.15, 0.2) is 36.5 Å². The summed E-state index contributed by atoms with van der Waals surface area (Å²) in [6, 6.07) is 9.21. The number of methoxy groups -OCH3 is 1. The smallest absolute Gasteiger partial charge is 0.497 e. The number of aromatic nitrogens is 2. The highest BCUT2D eigenvalue weighted by Gasteiger charge is 2.14. The molecule has 0 aliphatic carbocycles. The topological polar surface area (TPSA) is 67.5 Å². The maximum absolute atomic E-state index is 8.93. The number of benzene rings is 1. The summed E-state index contributed by atoms with van der Waals surface area (Å²) in [5.41, 5.74) is 1.31. The molecule has 0 bridgehead atoms. The fourth-order valence-electron chi connectivity index (χ4n) is 1.52. The summed E-state index contributed by atoms with van der Waals surface area (Å²) in [5, 5.41) is 21.9. The minimum atomic E-state index is -1.52. The van der Waals surface area contributed by atoms with Gasteiger partial charge in [-0.25, -0.2) is 0 Å². The Balaban J connectivity index is 2.08. The van der Waals surface area contributed by atoms with E-state index >= 15 is 0 Å². The lowest BCUT2D eigenvalue weighted by Crippen LogP contribution is -2.31. The highest BCUT2D eigenvalue weighted by atomic mass is 16.5. The zero-order valence-corrected chi connectivity index (χ0v) is 9.45. The van der Waals surface area contributed by atoms with Gasteiger partial charge < -0.3 is 14.8 Å². The quantitative estimate of drug-likeness (QED) is 0.705. The van der Waals surface area contributed by atoms with E-state index in [2.05, 4.69) is 5.10 Å². The summed E-state index contributed by atoms with van der Waals surface area (Å²) < 4.78 is 6.72. The second-order valence-corrected chi connectivity index (χ2v) is 3.66. The van der Waals surface area contributed by atoms with Gasteiger partial charge in [0, 0.05) is 6.20 Å². The van der Waals surface area contributed by atoms with Gasteiger partial charge in [0.15, 0.2) is 0 Å². The Morgan fingerprint density at radius 1 is 1.24 bits per heavy atom. The predicted molar refractivity (Wildman–Crippen MR) is 64.1 cm³/mol. The van der Waals surface area contributed by atoms with Gasteiger partial charge in [-0.3, -0.25) is 4.68 Å². The van der Waals surface area contributed by atoms with Crippen molar-refractivity contribution in [3.05, 3.63) is 42.1 Å². The summed E-state index contributed by atoms with van der Waals surface area (Å²) in [6.07, 6.45) is 1.71. The molecule has 17 heavy (non-hydrogen) atoms. The molecule has 2 N–H and O–H groups in total. The Hall–Kier alpha value is -1.79. The summed E-state index contributed by atoms with van der Waals surface area (Å²) in [4.78, 5) is 0. The minimum Gasteiger partial charge on any atom is -0.497 e. The van der Waals surface area contributed by atoms with Gasteiger partial charge in [0.2, 0.25) is 0 Å². The fourth-order valence-corrected chi connectivity index (χ4v) is 1.52. The van der Waals surface area contributed by atoms with Crippen LogP contribution in [-0.4, -0.2) is 34.1 Å². The van der Waals surface area contributed by atoms with Crippen molar-refractivity contribution in [2.75, 3.05) is 7.11 Å². The van der Waals surface area contributed by atoms with Crippen molar-refractivity contribution in [1.29, 1.82) is 0 Å². The highest BCUT2D eigenvalue weighted by Crippen LogP contribution is 2.11. The first-order valence-corrected chi connectivity index (χ1v) is 5.21. The van der Waals surface area contributed by atoms with Crippen molar-refractivity contribution < 1.29 is 14.8 Å². The van der Waals surface area contributed by atoms with Crippen LogP contribution in [0.2, 0.25) is 0 Å². The molecule has 0 saturated carbocycles. The van der Waals surface area contributed by atoms with Crippen LogP contribution in [0.5, 0.6) is 5.75 Å². The van der Waals surface area contributed by atoms with E-state index in [4.69, 9.17) is 14.8 Å². The molecular formula is C11H13BN2O3. The van der Waals surface area contributed by atoms with E-state index in [9.17, 15) is 0 Å². The molecule has 6 heteroatoms. The molecular weight excluding hydrogens is 219 g/mol. The second kappa shape index (κ2) is 5.03. The average Bonchev–Trinajstić information content (AvgIpc) is 2.79. The third-order valence-corrected chi connectivity index (χ3v) is 2.43. The lowest BCUT2D eigenvalue weighted by atomic mass is 9.87. The van der Waals surface area contributed by atoms with Crippen molar-refractivity contribution in [2.45, 2.75) is 6.54 Å². The zero-order valence-electron chi connectivity index (χ0n) is 9.45. The fraction of sp³-hybridized carbons (Fsp3) is 0.182. The average molecular weight is 232 g/mol. The number of rotatable bonds is 4. The number of hydrogen-bond donors (Lipinski definition) is 2. The van der Waals surface area contributed by atoms with E-state index in [-0.39, 0.29) is 5.59 Å². The standard InChI is InChI=1S/C11H13BN2O3/c1-17-10-4-2-9(3-5-10)8-14-7-6-11(13-14)12(15)16/h2-7,15-16H,8H2,1H3. The van der Waals surface area contributed by atoms with Crippen molar-refractivity contribution >= 4 is 12.7 Å². The summed E-state index contributed by atoms with van der Waals surface area (Å²) in [7, 11) is 0.101. The van der Waals surface area contributed by atoms with Crippen molar-refractivity contribution in [1.82, 2.24) is 9.78 Å². The second-order valence-electron chi connectivity index (χ2n) is 3.66. The molecule has 0 unspecified atom stereocenters. The third kappa shape index (κ3) is 2.86. The molecule has 2 rings (SSSR count). The van der Waals surface area contributed by atoms with E-state index in [0.717, 1.165) is 11.3 Å². The zero-order chi connectivity index (χ0) is 12.3. The van der Waals surface area contributed by atoms with Crippen molar-refractivity contribution in [2.24, 2.45) is 0 Å². The molecule has 0 spiro atoms. The maximum atomic E-state index is 8.93. The van der Waals surface area contributed by atoms with Gasteiger partial charge in [-0.1, -0.05) is 12.1 Å². The summed E-state index contributed by atoms with van der Waals surface area (Å²) in [6.45, 7) is 0.580. The van der Waals surface area contributed by atoms with Gasteiger partial charge in [0.25, 0.3) is 0 Å². The Bertz CT molecular complexity index is 482. The van der Waals surface area contributed by atoms with Crippen molar-refractivity contribution in [3.8, 4) is 5.75 Å². The Morgan fingerprint density at radius 3 is 2.47 bits per heavy atom. The van der Waals surface area contributed by atoms with Gasteiger partial charge in [0.05, 0.1) is 19.2 Å². The van der Waals surface area contributed by atoms with Crippen LogP contribution in [0, 0.1) is 0 Å². The molecule has 0 saturated heterocycles. The molecule has 1 aromatic carbocycles. The van der Waals surface area contributed by atoms with Crippen LogP contribution in [0.25, 0.3) is 0 Å². The predicted octanol–water partition coefficient (Wildman–Crippen LogP) is -0.380. The number of hydrogen-bond acceptors (Lipinski definition) is 4. The van der Waals surface area contributed by atoms with Gasteiger partial charge in [-0.15, -0.1) is 0 Å². The molecule has 0 atom stereocenters. The molecule has 5 nitrogen and oxygen atoms in total. The SMILES string of the molecule is COc1ccc(Cn2ccc(B(O)O)n2)cc1. The molecule has 1 heterocycles. The molecule has 0 amide bonds. The first kappa shape index (κ1) is 11.7. The summed E-state index contributed by atoms with van der Waals surface area (Å²) >= 11 is 0. The van der Waals surface area contributed by atoms with E-state index in [0.29, 0.717) is 6.54 Å². The maximum Gasteiger partial charge on any atom is 0.510 e. The molecule has 0 radical (unpaired) electrons. The van der Waals surface area contributed by atoms with Crippen LogP contribution in [0.1, 0.15) is 5.56 Å². The van der Waals surface area contributed by atoms with E-state index in [1.807, 2.05) is 24.3 Å². The van der Waals surface area contributed by atoms with Crippen molar-refractivity contribution in [3.63, 3.8) is 0 Å².